The molecule has 1 atom stereocenters. The van der Waals surface area contributed by atoms with Crippen LogP contribution in [-0.4, -0.2) is 52.2 Å². The molecular formula is C14H24N2O5. The van der Waals surface area contributed by atoms with Gasteiger partial charge in [-0.25, -0.2) is 9.59 Å². The van der Waals surface area contributed by atoms with Crippen LogP contribution >= 0.6 is 0 Å². The highest BCUT2D eigenvalue weighted by Gasteiger charge is 2.32. The molecule has 7 heteroatoms. The highest BCUT2D eigenvalue weighted by molar-refractivity contribution is 5.86. The zero-order valence-electron chi connectivity index (χ0n) is 12.8. The third-order valence-electron chi connectivity index (χ3n) is 4.15. The number of nitrogens with one attached hydrogen (secondary N) is 1. The maximum Gasteiger partial charge on any atom is 0.326 e. The molecule has 0 aromatic rings. The van der Waals surface area contributed by atoms with E-state index in [4.69, 9.17) is 10.2 Å². The van der Waals surface area contributed by atoms with E-state index in [9.17, 15) is 14.4 Å². The monoisotopic (exact) mass is 300 g/mol. The summed E-state index contributed by atoms with van der Waals surface area (Å²) in [5.41, 5.74) is 0.278. The fourth-order valence-corrected chi connectivity index (χ4v) is 2.56. The van der Waals surface area contributed by atoms with Crippen molar-refractivity contribution in [2.24, 2.45) is 5.41 Å². The van der Waals surface area contributed by atoms with Gasteiger partial charge in [0.05, 0.1) is 6.42 Å². The standard InChI is InChI=1S/C14H24N2O5/c1-14(2)6-4-9(5-7-14)16(3)13(21)15-10(12(19)20)8-11(17)18/h9-10H,4-8H2,1-3H3,(H,15,21)(H,17,18)(H,19,20)/t10-/m1/s1. The number of nitrogens with zero attached hydrogens (tertiary/aromatic N) is 1. The van der Waals surface area contributed by atoms with E-state index in [2.05, 4.69) is 19.2 Å². The molecule has 0 spiro atoms. The predicted molar refractivity (Wildman–Crippen MR) is 76.0 cm³/mol. The summed E-state index contributed by atoms with van der Waals surface area (Å²) in [6.45, 7) is 4.38. The quantitative estimate of drug-likeness (QED) is 0.713. The summed E-state index contributed by atoms with van der Waals surface area (Å²) in [7, 11) is 1.62. The fourth-order valence-electron chi connectivity index (χ4n) is 2.56. The highest BCUT2D eigenvalue weighted by Crippen LogP contribution is 2.36. The van der Waals surface area contributed by atoms with Crippen LogP contribution in [0.2, 0.25) is 0 Å². The molecule has 7 nitrogen and oxygen atoms in total. The van der Waals surface area contributed by atoms with E-state index in [-0.39, 0.29) is 11.5 Å². The third-order valence-corrected chi connectivity index (χ3v) is 4.15. The summed E-state index contributed by atoms with van der Waals surface area (Å²) in [6.07, 6.45) is 3.12. The normalized spacial score (nSPS) is 19.6. The molecule has 0 unspecified atom stereocenters. The van der Waals surface area contributed by atoms with Gasteiger partial charge in [0, 0.05) is 13.1 Å². The van der Waals surface area contributed by atoms with Crippen molar-refractivity contribution in [1.29, 1.82) is 0 Å². The van der Waals surface area contributed by atoms with E-state index < -0.39 is 30.4 Å². The van der Waals surface area contributed by atoms with E-state index >= 15 is 0 Å². The predicted octanol–water partition coefficient (Wildman–Crippen LogP) is 1.52. The number of hydrogen-bond donors (Lipinski definition) is 3. The molecule has 0 aromatic heterocycles. The number of hydrogen-bond acceptors (Lipinski definition) is 3. The second kappa shape index (κ2) is 6.78. The molecule has 120 valence electrons. The first kappa shape index (κ1) is 17.3. The van der Waals surface area contributed by atoms with Gasteiger partial charge in [0.25, 0.3) is 0 Å². The maximum atomic E-state index is 12.1. The lowest BCUT2D eigenvalue weighted by Gasteiger charge is -2.38. The molecule has 0 radical (unpaired) electrons. The minimum absolute atomic E-state index is 0.0669. The molecule has 1 rings (SSSR count). The average molecular weight is 300 g/mol. The van der Waals surface area contributed by atoms with Crippen molar-refractivity contribution in [2.45, 2.75) is 58.0 Å². The third kappa shape index (κ3) is 5.24. The van der Waals surface area contributed by atoms with Crippen molar-refractivity contribution in [3.8, 4) is 0 Å². The number of urea groups is 1. The number of carboxylic acid groups (broad SMARTS) is 2. The first-order valence-electron chi connectivity index (χ1n) is 7.10. The van der Waals surface area contributed by atoms with Crippen molar-refractivity contribution >= 4 is 18.0 Å². The molecule has 0 aromatic carbocycles. The fraction of sp³-hybridized carbons (Fsp3) is 0.786. The molecule has 0 saturated heterocycles. The van der Waals surface area contributed by atoms with Crippen LogP contribution in [0.5, 0.6) is 0 Å². The second-order valence-electron chi connectivity index (χ2n) is 6.44. The van der Waals surface area contributed by atoms with E-state index in [1.807, 2.05) is 0 Å². The Morgan fingerprint density at radius 2 is 1.76 bits per heavy atom. The number of carboxylic acids is 2. The highest BCUT2D eigenvalue weighted by atomic mass is 16.4. The van der Waals surface area contributed by atoms with Crippen LogP contribution in [0.15, 0.2) is 0 Å². The maximum absolute atomic E-state index is 12.1. The molecular weight excluding hydrogens is 276 g/mol. The Labute approximate surface area is 124 Å². The molecule has 21 heavy (non-hydrogen) atoms. The summed E-state index contributed by atoms with van der Waals surface area (Å²) in [5, 5.41) is 19.9. The van der Waals surface area contributed by atoms with E-state index in [1.165, 1.54) is 4.90 Å². The SMILES string of the molecule is CN(C(=O)N[C@H](CC(=O)O)C(=O)O)C1CCC(C)(C)CC1. The Hall–Kier alpha value is -1.79. The molecule has 1 aliphatic rings. The second-order valence-corrected chi connectivity index (χ2v) is 6.44. The largest absolute Gasteiger partial charge is 0.481 e. The van der Waals surface area contributed by atoms with Gasteiger partial charge in [-0.1, -0.05) is 13.8 Å². The van der Waals surface area contributed by atoms with Gasteiger partial charge in [-0.3, -0.25) is 4.79 Å². The zero-order valence-corrected chi connectivity index (χ0v) is 12.8. The van der Waals surface area contributed by atoms with Crippen LogP contribution in [0, 0.1) is 5.41 Å². The lowest BCUT2D eigenvalue weighted by atomic mass is 9.75. The Morgan fingerprint density at radius 1 is 1.24 bits per heavy atom. The zero-order chi connectivity index (χ0) is 16.2. The van der Waals surface area contributed by atoms with Crippen LogP contribution in [-0.2, 0) is 9.59 Å². The average Bonchev–Trinajstić information content (AvgIpc) is 2.36. The van der Waals surface area contributed by atoms with Gasteiger partial charge in [0.15, 0.2) is 0 Å². The topological polar surface area (TPSA) is 107 Å². The van der Waals surface area contributed by atoms with Gasteiger partial charge >= 0.3 is 18.0 Å². The summed E-state index contributed by atoms with van der Waals surface area (Å²) >= 11 is 0. The van der Waals surface area contributed by atoms with Crippen molar-refractivity contribution in [3.05, 3.63) is 0 Å². The lowest BCUT2D eigenvalue weighted by Crippen LogP contribution is -2.51. The molecule has 1 fully saturated rings. The molecule has 3 N–H and O–H groups in total. The molecule has 0 bridgehead atoms. The number of aliphatic carboxylic acids is 2. The van der Waals surface area contributed by atoms with Crippen molar-refractivity contribution in [1.82, 2.24) is 10.2 Å². The van der Waals surface area contributed by atoms with Gasteiger partial charge in [-0.05, 0) is 31.1 Å². The Balaban J connectivity index is 2.57. The Bertz CT molecular complexity index is 412. The Morgan fingerprint density at radius 3 is 2.19 bits per heavy atom. The first-order chi connectivity index (χ1) is 9.62. The smallest absolute Gasteiger partial charge is 0.326 e. The molecule has 1 saturated carbocycles. The van der Waals surface area contributed by atoms with Crippen LogP contribution in [0.3, 0.4) is 0 Å². The number of amides is 2. The summed E-state index contributed by atoms with van der Waals surface area (Å²) in [4.78, 5) is 35.1. The van der Waals surface area contributed by atoms with E-state index in [1.54, 1.807) is 7.05 Å². The lowest BCUT2D eigenvalue weighted by molar-refractivity contribution is -0.145. The van der Waals surface area contributed by atoms with Crippen molar-refractivity contribution < 1.29 is 24.6 Å². The summed E-state index contributed by atoms with van der Waals surface area (Å²) in [5.74, 6) is -2.60. The molecule has 0 aliphatic heterocycles. The van der Waals surface area contributed by atoms with Crippen LogP contribution < -0.4 is 5.32 Å². The first-order valence-corrected chi connectivity index (χ1v) is 7.10. The van der Waals surface area contributed by atoms with Gasteiger partial charge in [0.1, 0.15) is 6.04 Å². The van der Waals surface area contributed by atoms with Gasteiger partial charge in [0.2, 0.25) is 0 Å². The van der Waals surface area contributed by atoms with E-state index in [0.717, 1.165) is 25.7 Å². The van der Waals surface area contributed by atoms with Crippen LogP contribution in [0.1, 0.15) is 46.0 Å². The molecule has 2 amide bonds. The summed E-state index contributed by atoms with van der Waals surface area (Å²) in [6, 6.07) is -1.87. The van der Waals surface area contributed by atoms with Gasteiger partial charge in [-0.15, -0.1) is 0 Å². The Kier molecular flexibility index (Phi) is 5.57. The van der Waals surface area contributed by atoms with E-state index in [0.29, 0.717) is 0 Å². The van der Waals surface area contributed by atoms with Crippen molar-refractivity contribution in [3.63, 3.8) is 0 Å². The minimum Gasteiger partial charge on any atom is -0.481 e. The summed E-state index contributed by atoms with van der Waals surface area (Å²) < 4.78 is 0. The van der Waals surface area contributed by atoms with Crippen LogP contribution in [0.25, 0.3) is 0 Å². The molecule has 1 aliphatic carbocycles. The molecule has 0 heterocycles. The van der Waals surface area contributed by atoms with Crippen molar-refractivity contribution in [2.75, 3.05) is 7.05 Å². The van der Waals surface area contributed by atoms with Gasteiger partial charge < -0.3 is 20.4 Å². The van der Waals surface area contributed by atoms with Gasteiger partial charge in [-0.2, -0.15) is 0 Å². The number of rotatable bonds is 5. The number of carbonyl (C=O) groups is 3. The van der Waals surface area contributed by atoms with Crippen LogP contribution in [0.4, 0.5) is 4.79 Å². The minimum atomic E-state index is -1.41. The number of carbonyl (C=O) groups excluding carboxylic acids is 1.